The van der Waals surface area contributed by atoms with Crippen LogP contribution < -0.4 is 21.1 Å². The van der Waals surface area contributed by atoms with Gasteiger partial charge in [0.05, 0.1) is 5.69 Å². The lowest BCUT2D eigenvalue weighted by molar-refractivity contribution is -0.120. The highest BCUT2D eigenvalue weighted by molar-refractivity contribution is 6.30. The van der Waals surface area contributed by atoms with Gasteiger partial charge in [0.1, 0.15) is 5.82 Å². The van der Waals surface area contributed by atoms with Gasteiger partial charge in [-0.2, -0.15) is 4.68 Å². The maximum absolute atomic E-state index is 12.7. The van der Waals surface area contributed by atoms with Gasteiger partial charge >= 0.3 is 0 Å². The Hall–Kier alpha value is -3.65. The average Bonchev–Trinajstić information content (AvgIpc) is 2.80. The van der Waals surface area contributed by atoms with Crippen molar-refractivity contribution in [3.8, 4) is 5.69 Å². The second kappa shape index (κ2) is 9.87. The summed E-state index contributed by atoms with van der Waals surface area (Å²) in [6.07, 6.45) is 1.35. The molecular weight excluding hydrogens is 442 g/mol. The molecule has 0 radical (unpaired) electrons. The first-order valence-electron chi connectivity index (χ1n) is 10.7. The minimum atomic E-state index is -0.236. The lowest BCUT2D eigenvalue weighted by Crippen LogP contribution is -2.39. The fraction of sp³-hybridized carbons (Fsp3) is 0.250. The van der Waals surface area contributed by atoms with Crippen LogP contribution in [0.3, 0.4) is 0 Å². The summed E-state index contributed by atoms with van der Waals surface area (Å²) in [6.45, 7) is 2.75. The first-order chi connectivity index (χ1) is 15.9. The van der Waals surface area contributed by atoms with Crippen molar-refractivity contribution < 1.29 is 9.59 Å². The molecule has 1 saturated heterocycles. The molecule has 0 saturated carbocycles. The Morgan fingerprint density at radius 1 is 0.970 bits per heavy atom. The van der Waals surface area contributed by atoms with Crippen LogP contribution in [0.4, 0.5) is 17.2 Å². The number of piperidine rings is 1. The number of aromatic nitrogens is 2. The van der Waals surface area contributed by atoms with Crippen LogP contribution in [-0.4, -0.2) is 34.7 Å². The summed E-state index contributed by atoms with van der Waals surface area (Å²) in [4.78, 5) is 38.2. The van der Waals surface area contributed by atoms with E-state index < -0.39 is 0 Å². The maximum atomic E-state index is 12.7. The Labute approximate surface area is 196 Å². The summed E-state index contributed by atoms with van der Waals surface area (Å²) in [7, 11) is 0. The molecule has 2 amide bonds. The summed E-state index contributed by atoms with van der Waals surface area (Å²) < 4.78 is 1.34. The number of nitrogens with one attached hydrogen (secondary N) is 2. The van der Waals surface area contributed by atoms with Gasteiger partial charge < -0.3 is 15.5 Å². The van der Waals surface area contributed by atoms with Gasteiger partial charge in [0.25, 0.3) is 5.56 Å². The normalized spacial score (nSPS) is 14.1. The summed E-state index contributed by atoms with van der Waals surface area (Å²) in [5, 5.41) is 10.7. The molecule has 1 aliphatic heterocycles. The molecule has 0 spiro atoms. The van der Waals surface area contributed by atoms with Crippen LogP contribution >= 0.6 is 11.6 Å². The Bertz CT molecular complexity index is 1220. The fourth-order valence-corrected chi connectivity index (χ4v) is 4.00. The molecule has 0 unspecified atom stereocenters. The van der Waals surface area contributed by atoms with Gasteiger partial charge in [-0.05, 0) is 61.4 Å². The number of hydrogen-bond donors (Lipinski definition) is 2. The van der Waals surface area contributed by atoms with E-state index in [4.69, 9.17) is 11.6 Å². The van der Waals surface area contributed by atoms with Crippen LogP contribution in [-0.2, 0) is 9.59 Å². The van der Waals surface area contributed by atoms with Crippen molar-refractivity contribution in [2.75, 3.05) is 28.6 Å². The van der Waals surface area contributed by atoms with Gasteiger partial charge in [-0.3, -0.25) is 14.4 Å². The molecule has 2 N–H and O–H groups in total. The molecule has 2 heterocycles. The fourth-order valence-electron chi connectivity index (χ4n) is 3.82. The molecule has 3 aromatic rings. The van der Waals surface area contributed by atoms with Crippen LogP contribution in [0.15, 0.2) is 65.5 Å². The molecule has 33 heavy (non-hydrogen) atoms. The highest BCUT2D eigenvalue weighted by atomic mass is 35.5. The standard InChI is InChI=1S/C24H24ClN5O3/c1-16(31)26-19-5-7-20(8-6-19)27-24(33)17-11-13-29(14-12-17)22-9-10-23(32)30(28-22)21-4-2-3-18(25)15-21/h2-10,15,17H,11-14H2,1H3,(H,26,31)(H,27,33). The third kappa shape index (κ3) is 5.59. The minimum Gasteiger partial charge on any atom is -0.355 e. The van der Waals surface area contributed by atoms with E-state index in [1.165, 1.54) is 17.7 Å². The van der Waals surface area contributed by atoms with Crippen LogP contribution in [0.1, 0.15) is 19.8 Å². The Morgan fingerprint density at radius 2 is 1.64 bits per heavy atom. The van der Waals surface area contributed by atoms with E-state index in [1.54, 1.807) is 54.6 Å². The number of rotatable bonds is 5. The third-order valence-electron chi connectivity index (χ3n) is 5.50. The number of carbonyl (C=O) groups excluding carboxylic acids is 2. The van der Waals surface area contributed by atoms with E-state index >= 15 is 0 Å². The molecule has 0 atom stereocenters. The number of anilines is 3. The molecule has 4 rings (SSSR count). The lowest BCUT2D eigenvalue weighted by Gasteiger charge is -2.32. The van der Waals surface area contributed by atoms with Crippen molar-refractivity contribution >= 4 is 40.6 Å². The third-order valence-corrected chi connectivity index (χ3v) is 5.74. The van der Waals surface area contributed by atoms with Gasteiger partial charge in [0, 0.05) is 48.4 Å². The smallest absolute Gasteiger partial charge is 0.271 e. The van der Waals surface area contributed by atoms with E-state index in [0.717, 1.165) is 0 Å². The highest BCUT2D eigenvalue weighted by Gasteiger charge is 2.26. The number of halogens is 1. The van der Waals surface area contributed by atoms with Crippen molar-refractivity contribution in [1.82, 2.24) is 9.78 Å². The van der Waals surface area contributed by atoms with Gasteiger partial charge in [0.15, 0.2) is 0 Å². The molecule has 170 valence electrons. The molecule has 1 fully saturated rings. The molecule has 0 aliphatic carbocycles. The Kier molecular flexibility index (Phi) is 6.74. The average molecular weight is 466 g/mol. The van der Waals surface area contributed by atoms with Crippen LogP contribution in [0, 0.1) is 5.92 Å². The molecule has 2 aromatic carbocycles. The first-order valence-corrected chi connectivity index (χ1v) is 11.1. The molecular formula is C24H24ClN5O3. The number of nitrogens with zero attached hydrogens (tertiary/aromatic N) is 3. The zero-order chi connectivity index (χ0) is 23.4. The van der Waals surface area contributed by atoms with Gasteiger partial charge in [-0.1, -0.05) is 17.7 Å². The van der Waals surface area contributed by atoms with Crippen molar-refractivity contribution in [2.45, 2.75) is 19.8 Å². The van der Waals surface area contributed by atoms with Crippen molar-refractivity contribution in [1.29, 1.82) is 0 Å². The number of carbonyl (C=O) groups is 2. The van der Waals surface area contributed by atoms with Crippen molar-refractivity contribution in [3.05, 3.63) is 76.0 Å². The summed E-state index contributed by atoms with van der Waals surface area (Å²) >= 11 is 6.06. The van der Waals surface area contributed by atoms with Gasteiger partial charge in [-0.15, -0.1) is 5.10 Å². The summed E-state index contributed by atoms with van der Waals surface area (Å²) in [5.74, 6) is 0.395. The predicted octanol–water partition coefficient (Wildman–Crippen LogP) is 3.70. The van der Waals surface area contributed by atoms with Crippen molar-refractivity contribution in [3.63, 3.8) is 0 Å². The van der Waals surface area contributed by atoms with Crippen LogP contribution in [0.25, 0.3) is 5.69 Å². The zero-order valence-corrected chi connectivity index (χ0v) is 18.9. The molecule has 9 heteroatoms. The van der Waals surface area contributed by atoms with E-state index in [0.29, 0.717) is 53.8 Å². The number of benzene rings is 2. The Morgan fingerprint density at radius 3 is 2.27 bits per heavy atom. The zero-order valence-electron chi connectivity index (χ0n) is 18.1. The lowest BCUT2D eigenvalue weighted by atomic mass is 9.96. The summed E-state index contributed by atoms with van der Waals surface area (Å²) in [5.41, 5.74) is 1.74. The number of amides is 2. The minimum absolute atomic E-state index is 0.0289. The van der Waals surface area contributed by atoms with Crippen LogP contribution in [0.5, 0.6) is 0 Å². The second-order valence-corrected chi connectivity index (χ2v) is 8.37. The Balaban J connectivity index is 1.38. The maximum Gasteiger partial charge on any atom is 0.271 e. The SMILES string of the molecule is CC(=O)Nc1ccc(NC(=O)C2CCN(c3ccc(=O)n(-c4cccc(Cl)c4)n3)CC2)cc1. The topological polar surface area (TPSA) is 96.3 Å². The second-order valence-electron chi connectivity index (χ2n) is 7.93. The van der Waals surface area contributed by atoms with Gasteiger partial charge in [-0.25, -0.2) is 0 Å². The van der Waals surface area contributed by atoms with E-state index in [1.807, 2.05) is 0 Å². The predicted molar refractivity (Wildman–Crippen MR) is 129 cm³/mol. The van der Waals surface area contributed by atoms with E-state index in [9.17, 15) is 14.4 Å². The highest BCUT2D eigenvalue weighted by Crippen LogP contribution is 2.24. The molecule has 0 bridgehead atoms. The van der Waals surface area contributed by atoms with E-state index in [2.05, 4.69) is 20.6 Å². The monoisotopic (exact) mass is 465 g/mol. The quantitative estimate of drug-likeness (QED) is 0.599. The molecule has 1 aliphatic rings. The molecule has 1 aromatic heterocycles. The van der Waals surface area contributed by atoms with Crippen LogP contribution in [0.2, 0.25) is 5.02 Å². The van der Waals surface area contributed by atoms with E-state index in [-0.39, 0.29) is 23.3 Å². The number of hydrogen-bond acceptors (Lipinski definition) is 5. The summed E-state index contributed by atoms with van der Waals surface area (Å²) in [6, 6.07) is 17.2. The van der Waals surface area contributed by atoms with Crippen molar-refractivity contribution in [2.24, 2.45) is 5.92 Å². The van der Waals surface area contributed by atoms with Gasteiger partial charge in [0.2, 0.25) is 11.8 Å². The first kappa shape index (κ1) is 22.5. The molecule has 8 nitrogen and oxygen atoms in total. The largest absolute Gasteiger partial charge is 0.355 e.